The van der Waals surface area contributed by atoms with Gasteiger partial charge in [0, 0.05) is 0 Å². The first kappa shape index (κ1) is 10.5. The minimum atomic E-state index is -0.466. The molecule has 2 unspecified atom stereocenters. The van der Waals surface area contributed by atoms with Crippen LogP contribution in [0.2, 0.25) is 0 Å². The van der Waals surface area contributed by atoms with E-state index in [1.165, 1.54) is 0 Å². The van der Waals surface area contributed by atoms with Crippen molar-refractivity contribution in [3.05, 3.63) is 66.4 Å². The second kappa shape index (κ2) is 3.54. The van der Waals surface area contributed by atoms with E-state index in [0.29, 0.717) is 0 Å². The van der Waals surface area contributed by atoms with E-state index in [2.05, 4.69) is 22.5 Å². The average molecular weight is 248 g/mol. The number of nitrogens with one attached hydrogen (secondary N) is 1. The topological polar surface area (TPSA) is 41.5 Å². The third-order valence-corrected chi connectivity index (χ3v) is 3.99. The predicted molar refractivity (Wildman–Crippen MR) is 74.6 cm³/mol. The van der Waals surface area contributed by atoms with Crippen molar-refractivity contribution in [1.82, 2.24) is 5.32 Å². The van der Waals surface area contributed by atoms with E-state index in [1.54, 1.807) is 6.08 Å². The van der Waals surface area contributed by atoms with Gasteiger partial charge in [-0.25, -0.2) is 0 Å². The fraction of sp³-hybridized carbons (Fsp3) is 0.125. The number of carbonyl (C=O) groups is 1. The molecule has 0 saturated heterocycles. The van der Waals surface area contributed by atoms with Gasteiger partial charge in [0.25, 0.3) is 0 Å². The van der Waals surface area contributed by atoms with Crippen LogP contribution >= 0.6 is 0 Å². The third-order valence-electron chi connectivity index (χ3n) is 3.99. The van der Waals surface area contributed by atoms with Gasteiger partial charge in [-0.15, -0.1) is 0 Å². The van der Waals surface area contributed by atoms with Crippen molar-refractivity contribution in [2.75, 3.05) is 0 Å². The fourth-order valence-corrected chi connectivity index (χ4v) is 3.14. The Morgan fingerprint density at radius 3 is 3.00 bits per heavy atom. The fourth-order valence-electron chi connectivity index (χ4n) is 3.14. The first-order chi connectivity index (χ1) is 9.32. The third kappa shape index (κ3) is 1.22. The minimum absolute atomic E-state index is 0.0897. The SMILES string of the molecule is O=C1C=CC2=Nc3ccccc3C23C=CC=CNC13. The van der Waals surface area contributed by atoms with Crippen molar-refractivity contribution >= 4 is 17.2 Å². The summed E-state index contributed by atoms with van der Waals surface area (Å²) in [5, 5.41) is 3.21. The Labute approximate surface area is 111 Å². The lowest BCUT2D eigenvalue weighted by Gasteiger charge is -2.36. The molecule has 2 atom stereocenters. The second-order valence-electron chi connectivity index (χ2n) is 4.94. The molecule has 92 valence electrons. The largest absolute Gasteiger partial charge is 0.380 e. The number of fused-ring (bicyclic) bond motifs is 1. The van der Waals surface area contributed by atoms with Crippen molar-refractivity contribution in [2.24, 2.45) is 4.99 Å². The molecule has 3 heteroatoms. The van der Waals surface area contributed by atoms with Gasteiger partial charge in [-0.3, -0.25) is 9.79 Å². The highest BCUT2D eigenvalue weighted by Gasteiger charge is 2.51. The normalized spacial score (nSPS) is 30.0. The highest BCUT2D eigenvalue weighted by atomic mass is 16.1. The van der Waals surface area contributed by atoms with Crippen LogP contribution < -0.4 is 5.32 Å². The number of rotatable bonds is 0. The predicted octanol–water partition coefficient (Wildman–Crippen LogP) is 2.19. The number of hydrogen-bond donors (Lipinski definition) is 1. The number of benzene rings is 1. The molecular weight excluding hydrogens is 236 g/mol. The molecule has 0 fully saturated rings. The number of nitrogens with zero attached hydrogens (tertiary/aromatic N) is 1. The van der Waals surface area contributed by atoms with E-state index < -0.39 is 5.41 Å². The average Bonchev–Trinajstić information content (AvgIpc) is 2.59. The maximum atomic E-state index is 12.3. The molecule has 0 amide bonds. The molecule has 0 aromatic heterocycles. The molecule has 2 aliphatic heterocycles. The maximum Gasteiger partial charge on any atom is 0.179 e. The summed E-state index contributed by atoms with van der Waals surface area (Å²) in [4.78, 5) is 16.9. The Bertz CT molecular complexity index is 696. The van der Waals surface area contributed by atoms with E-state index in [-0.39, 0.29) is 11.8 Å². The van der Waals surface area contributed by atoms with Gasteiger partial charge in [0.05, 0.1) is 16.8 Å². The van der Waals surface area contributed by atoms with Crippen molar-refractivity contribution in [1.29, 1.82) is 0 Å². The van der Waals surface area contributed by atoms with Crippen LogP contribution in [0.5, 0.6) is 0 Å². The van der Waals surface area contributed by atoms with Crippen LogP contribution in [-0.4, -0.2) is 17.5 Å². The molecule has 1 spiro atoms. The van der Waals surface area contributed by atoms with Crippen LogP contribution in [0, 0.1) is 0 Å². The molecule has 0 bridgehead atoms. The smallest absolute Gasteiger partial charge is 0.179 e. The summed E-state index contributed by atoms with van der Waals surface area (Å²) in [6, 6.07) is 7.72. The highest BCUT2D eigenvalue weighted by molar-refractivity contribution is 6.20. The van der Waals surface area contributed by atoms with Crippen LogP contribution in [0.25, 0.3) is 0 Å². The Balaban J connectivity index is 2.05. The van der Waals surface area contributed by atoms with Crippen molar-refractivity contribution in [2.45, 2.75) is 11.5 Å². The summed E-state index contributed by atoms with van der Waals surface area (Å²) >= 11 is 0. The molecule has 0 radical (unpaired) electrons. The van der Waals surface area contributed by atoms with Crippen LogP contribution in [0.15, 0.2) is 65.8 Å². The van der Waals surface area contributed by atoms with Crippen LogP contribution in [0.1, 0.15) is 5.56 Å². The number of ketones is 1. The van der Waals surface area contributed by atoms with Crippen molar-refractivity contribution < 1.29 is 4.79 Å². The highest BCUT2D eigenvalue weighted by Crippen LogP contribution is 2.46. The quantitative estimate of drug-likeness (QED) is 0.764. The molecule has 1 N–H and O–H groups in total. The molecule has 0 saturated carbocycles. The summed E-state index contributed by atoms with van der Waals surface area (Å²) < 4.78 is 0. The summed E-state index contributed by atoms with van der Waals surface area (Å²) in [5.74, 6) is 0.0897. The van der Waals surface area contributed by atoms with E-state index in [9.17, 15) is 4.79 Å². The van der Waals surface area contributed by atoms with Gasteiger partial charge in [-0.05, 0) is 36.1 Å². The van der Waals surface area contributed by atoms with Gasteiger partial charge in [-0.1, -0.05) is 30.4 Å². The summed E-state index contributed by atoms with van der Waals surface area (Å²) in [5.41, 5.74) is 2.52. The summed E-state index contributed by atoms with van der Waals surface area (Å²) in [7, 11) is 0. The maximum absolute atomic E-state index is 12.3. The molecule has 19 heavy (non-hydrogen) atoms. The van der Waals surface area contributed by atoms with Crippen molar-refractivity contribution in [3.8, 4) is 0 Å². The first-order valence-electron chi connectivity index (χ1n) is 6.33. The number of aliphatic imine (C=N–C) groups is 1. The zero-order valence-electron chi connectivity index (χ0n) is 10.2. The van der Waals surface area contributed by atoms with E-state index in [1.807, 2.05) is 42.6 Å². The van der Waals surface area contributed by atoms with Crippen molar-refractivity contribution in [3.63, 3.8) is 0 Å². The zero-order chi connectivity index (χ0) is 12.9. The monoisotopic (exact) mass is 248 g/mol. The Morgan fingerprint density at radius 2 is 2.05 bits per heavy atom. The van der Waals surface area contributed by atoms with Crippen LogP contribution in [0.3, 0.4) is 0 Å². The minimum Gasteiger partial charge on any atom is -0.380 e. The summed E-state index contributed by atoms with van der Waals surface area (Å²) in [6.45, 7) is 0. The number of carbonyl (C=O) groups excluding carboxylic acids is 1. The van der Waals surface area contributed by atoms with E-state index in [0.717, 1.165) is 17.0 Å². The number of allylic oxidation sites excluding steroid dienone is 3. The zero-order valence-corrected chi connectivity index (χ0v) is 10.2. The lowest BCUT2D eigenvalue weighted by molar-refractivity contribution is -0.117. The first-order valence-corrected chi connectivity index (χ1v) is 6.33. The van der Waals surface area contributed by atoms with Gasteiger partial charge < -0.3 is 5.32 Å². The van der Waals surface area contributed by atoms with Gasteiger partial charge in [0.2, 0.25) is 0 Å². The van der Waals surface area contributed by atoms with Gasteiger partial charge in [0.1, 0.15) is 6.04 Å². The molecule has 1 aliphatic carbocycles. The van der Waals surface area contributed by atoms with Gasteiger partial charge >= 0.3 is 0 Å². The lowest BCUT2D eigenvalue weighted by Crippen LogP contribution is -2.54. The van der Waals surface area contributed by atoms with E-state index >= 15 is 0 Å². The molecular formula is C16H12N2O. The summed E-state index contributed by atoms with van der Waals surface area (Å²) in [6.07, 6.45) is 11.3. The Morgan fingerprint density at radius 1 is 1.16 bits per heavy atom. The Hall–Kier alpha value is -2.42. The number of hydrogen-bond acceptors (Lipinski definition) is 3. The molecule has 2 heterocycles. The van der Waals surface area contributed by atoms with Gasteiger partial charge in [0.15, 0.2) is 5.78 Å². The molecule has 1 aromatic carbocycles. The van der Waals surface area contributed by atoms with Crippen LogP contribution in [0.4, 0.5) is 5.69 Å². The van der Waals surface area contributed by atoms with Gasteiger partial charge in [-0.2, -0.15) is 0 Å². The van der Waals surface area contributed by atoms with E-state index in [4.69, 9.17) is 0 Å². The molecule has 1 aromatic rings. The molecule has 4 rings (SSSR count). The number of para-hydroxylation sites is 1. The molecule has 3 nitrogen and oxygen atoms in total. The van der Waals surface area contributed by atoms with Crippen LogP contribution in [-0.2, 0) is 10.2 Å². The molecule has 3 aliphatic rings. The standard InChI is InChI=1S/C16H12N2O/c19-13-7-8-14-16(9-3-4-10-17-15(13)16)11-5-1-2-6-12(11)18-14/h1-10,15,17H. The Kier molecular flexibility index (Phi) is 1.96. The second-order valence-corrected chi connectivity index (χ2v) is 4.94. The lowest BCUT2D eigenvalue weighted by atomic mass is 9.67.